The number of amides is 1. The number of hydrogen-bond acceptors (Lipinski definition) is 2. The number of hydrogen-bond donors (Lipinski definition) is 2. The highest BCUT2D eigenvalue weighted by atomic mass is 16.1. The average Bonchev–Trinajstić information content (AvgIpc) is 2.48. The van der Waals surface area contributed by atoms with Crippen molar-refractivity contribution in [3.63, 3.8) is 0 Å². The van der Waals surface area contributed by atoms with Gasteiger partial charge in [-0.15, -0.1) is 0 Å². The van der Waals surface area contributed by atoms with Gasteiger partial charge in [0.25, 0.3) is 0 Å². The molecule has 0 saturated heterocycles. The van der Waals surface area contributed by atoms with Crippen LogP contribution >= 0.6 is 0 Å². The van der Waals surface area contributed by atoms with E-state index in [0.717, 1.165) is 11.3 Å². The molecular formula is C18H22N2O. The number of carbonyl (C=O) groups excluding carboxylic acids is 1. The lowest BCUT2D eigenvalue weighted by Gasteiger charge is -2.14. The predicted molar refractivity (Wildman–Crippen MR) is 87.3 cm³/mol. The third-order valence-electron chi connectivity index (χ3n) is 3.38. The van der Waals surface area contributed by atoms with Crippen molar-refractivity contribution < 1.29 is 4.79 Å². The molecule has 2 aromatic carbocycles. The summed E-state index contributed by atoms with van der Waals surface area (Å²) in [6.45, 7) is 4.69. The standard InChI is InChI=1S/C18H22N2O/c1-14-7-6-10-17(13-14)19-12-11-18(21)20-15(2)16-8-4-3-5-9-16/h3-10,13,15,19H,11-12H2,1-2H3,(H,20,21). The normalized spacial score (nSPS) is 11.7. The molecule has 2 aromatic rings. The molecule has 1 unspecified atom stereocenters. The van der Waals surface area contributed by atoms with Crippen LogP contribution in [0.2, 0.25) is 0 Å². The molecule has 0 spiro atoms. The van der Waals surface area contributed by atoms with E-state index in [0.29, 0.717) is 13.0 Å². The Labute approximate surface area is 126 Å². The molecule has 0 saturated carbocycles. The molecule has 1 amide bonds. The topological polar surface area (TPSA) is 41.1 Å². The largest absolute Gasteiger partial charge is 0.385 e. The minimum absolute atomic E-state index is 0.0395. The van der Waals surface area contributed by atoms with Crippen molar-refractivity contribution in [2.45, 2.75) is 26.3 Å². The van der Waals surface area contributed by atoms with E-state index in [4.69, 9.17) is 0 Å². The molecule has 0 aliphatic carbocycles. The minimum Gasteiger partial charge on any atom is -0.385 e. The van der Waals surface area contributed by atoms with Crippen molar-refractivity contribution in [3.8, 4) is 0 Å². The predicted octanol–water partition coefficient (Wildman–Crippen LogP) is 3.67. The fourth-order valence-corrected chi connectivity index (χ4v) is 2.21. The molecule has 0 aromatic heterocycles. The first-order valence-electron chi connectivity index (χ1n) is 7.30. The first-order chi connectivity index (χ1) is 10.1. The maximum Gasteiger partial charge on any atom is 0.222 e. The highest BCUT2D eigenvalue weighted by Crippen LogP contribution is 2.12. The summed E-state index contributed by atoms with van der Waals surface area (Å²) in [5, 5.41) is 6.28. The Kier molecular flexibility index (Phi) is 5.38. The quantitative estimate of drug-likeness (QED) is 0.848. The van der Waals surface area contributed by atoms with E-state index >= 15 is 0 Å². The third-order valence-corrected chi connectivity index (χ3v) is 3.38. The van der Waals surface area contributed by atoms with E-state index in [2.05, 4.69) is 29.7 Å². The molecule has 2 N–H and O–H groups in total. The Balaban J connectivity index is 1.75. The van der Waals surface area contributed by atoms with Crippen molar-refractivity contribution in [2.75, 3.05) is 11.9 Å². The number of rotatable bonds is 6. The lowest BCUT2D eigenvalue weighted by molar-refractivity contribution is -0.121. The van der Waals surface area contributed by atoms with Gasteiger partial charge in [0.05, 0.1) is 6.04 Å². The Morgan fingerprint density at radius 1 is 1.10 bits per heavy atom. The Morgan fingerprint density at radius 3 is 2.57 bits per heavy atom. The second kappa shape index (κ2) is 7.48. The summed E-state index contributed by atoms with van der Waals surface area (Å²) in [4.78, 5) is 11.9. The molecule has 0 bridgehead atoms. The Morgan fingerprint density at radius 2 is 1.86 bits per heavy atom. The molecule has 0 aliphatic rings. The molecule has 3 heteroatoms. The lowest BCUT2D eigenvalue weighted by atomic mass is 10.1. The molecule has 1 atom stereocenters. The molecule has 2 rings (SSSR count). The van der Waals surface area contributed by atoms with E-state index in [9.17, 15) is 4.79 Å². The number of carbonyl (C=O) groups is 1. The van der Waals surface area contributed by atoms with Gasteiger partial charge >= 0.3 is 0 Å². The molecular weight excluding hydrogens is 260 g/mol. The second-order valence-corrected chi connectivity index (χ2v) is 5.25. The van der Waals surface area contributed by atoms with Gasteiger partial charge in [-0.1, -0.05) is 42.5 Å². The van der Waals surface area contributed by atoms with Gasteiger partial charge in [0.1, 0.15) is 0 Å². The van der Waals surface area contributed by atoms with Crippen molar-refractivity contribution in [1.29, 1.82) is 0 Å². The smallest absolute Gasteiger partial charge is 0.222 e. The van der Waals surface area contributed by atoms with Gasteiger partial charge < -0.3 is 10.6 Å². The third kappa shape index (κ3) is 4.95. The zero-order valence-corrected chi connectivity index (χ0v) is 12.6. The van der Waals surface area contributed by atoms with Crippen LogP contribution in [0.25, 0.3) is 0 Å². The summed E-state index contributed by atoms with van der Waals surface area (Å²) < 4.78 is 0. The molecule has 110 valence electrons. The second-order valence-electron chi connectivity index (χ2n) is 5.25. The van der Waals surface area contributed by atoms with Gasteiger partial charge in [0.15, 0.2) is 0 Å². The van der Waals surface area contributed by atoms with E-state index in [-0.39, 0.29) is 11.9 Å². The molecule has 0 fully saturated rings. The lowest BCUT2D eigenvalue weighted by Crippen LogP contribution is -2.28. The number of nitrogens with one attached hydrogen (secondary N) is 2. The van der Waals surface area contributed by atoms with Gasteiger partial charge in [-0.25, -0.2) is 0 Å². The molecule has 0 heterocycles. The first-order valence-corrected chi connectivity index (χ1v) is 7.30. The fraction of sp³-hybridized carbons (Fsp3) is 0.278. The monoisotopic (exact) mass is 282 g/mol. The Bertz CT molecular complexity index is 581. The van der Waals surface area contributed by atoms with Crippen molar-refractivity contribution in [2.24, 2.45) is 0 Å². The first kappa shape index (κ1) is 15.1. The van der Waals surface area contributed by atoms with E-state index in [1.54, 1.807) is 0 Å². The van der Waals surface area contributed by atoms with E-state index in [1.165, 1.54) is 5.56 Å². The van der Waals surface area contributed by atoms with Crippen LogP contribution in [-0.2, 0) is 4.79 Å². The van der Waals surface area contributed by atoms with Gasteiger partial charge in [0, 0.05) is 18.7 Å². The summed E-state index contributed by atoms with van der Waals surface area (Å²) in [5.74, 6) is 0.0616. The number of benzene rings is 2. The maximum absolute atomic E-state index is 11.9. The van der Waals surface area contributed by atoms with Gasteiger partial charge in [-0.3, -0.25) is 4.79 Å². The van der Waals surface area contributed by atoms with Gasteiger partial charge in [-0.05, 0) is 37.1 Å². The maximum atomic E-state index is 11.9. The Hall–Kier alpha value is -2.29. The van der Waals surface area contributed by atoms with E-state index < -0.39 is 0 Å². The van der Waals surface area contributed by atoms with Crippen molar-refractivity contribution >= 4 is 11.6 Å². The fourth-order valence-electron chi connectivity index (χ4n) is 2.21. The molecule has 0 radical (unpaired) electrons. The summed E-state index contributed by atoms with van der Waals surface area (Å²) in [6.07, 6.45) is 0.463. The van der Waals surface area contributed by atoms with Gasteiger partial charge in [-0.2, -0.15) is 0 Å². The summed E-state index contributed by atoms with van der Waals surface area (Å²) in [7, 11) is 0. The van der Waals surface area contributed by atoms with Crippen LogP contribution in [-0.4, -0.2) is 12.5 Å². The van der Waals surface area contributed by atoms with Crippen LogP contribution in [0.4, 0.5) is 5.69 Å². The van der Waals surface area contributed by atoms with Crippen LogP contribution in [0.5, 0.6) is 0 Å². The molecule has 21 heavy (non-hydrogen) atoms. The summed E-state index contributed by atoms with van der Waals surface area (Å²) in [6, 6.07) is 18.2. The average molecular weight is 282 g/mol. The molecule has 3 nitrogen and oxygen atoms in total. The number of anilines is 1. The minimum atomic E-state index is 0.0395. The highest BCUT2D eigenvalue weighted by molar-refractivity contribution is 5.77. The van der Waals surface area contributed by atoms with Crippen LogP contribution in [0.3, 0.4) is 0 Å². The van der Waals surface area contributed by atoms with Crippen LogP contribution in [0.15, 0.2) is 54.6 Å². The van der Waals surface area contributed by atoms with Gasteiger partial charge in [0.2, 0.25) is 5.91 Å². The molecule has 0 aliphatic heterocycles. The van der Waals surface area contributed by atoms with Crippen LogP contribution < -0.4 is 10.6 Å². The zero-order chi connectivity index (χ0) is 15.1. The zero-order valence-electron chi connectivity index (χ0n) is 12.6. The van der Waals surface area contributed by atoms with Crippen molar-refractivity contribution in [3.05, 3.63) is 65.7 Å². The number of aryl methyl sites for hydroxylation is 1. The summed E-state index contributed by atoms with van der Waals surface area (Å²) in [5.41, 5.74) is 3.39. The highest BCUT2D eigenvalue weighted by Gasteiger charge is 2.08. The van der Waals surface area contributed by atoms with Crippen molar-refractivity contribution in [1.82, 2.24) is 5.32 Å². The SMILES string of the molecule is Cc1cccc(NCCC(=O)NC(C)c2ccccc2)c1. The van der Waals surface area contributed by atoms with E-state index in [1.807, 2.05) is 49.4 Å². The van der Waals surface area contributed by atoms with Crippen LogP contribution in [0, 0.1) is 6.92 Å². The summed E-state index contributed by atoms with van der Waals surface area (Å²) >= 11 is 0. The van der Waals surface area contributed by atoms with Crippen LogP contribution in [0.1, 0.15) is 30.5 Å².